The molecule has 0 saturated carbocycles. The Labute approximate surface area is 150 Å². The lowest BCUT2D eigenvalue weighted by Crippen LogP contribution is -2.15. The minimum atomic E-state index is -0.362. The van der Waals surface area contributed by atoms with E-state index in [1.54, 1.807) is 18.3 Å². The Morgan fingerprint density at radius 1 is 1.08 bits per heavy atom. The van der Waals surface area contributed by atoms with Crippen LogP contribution in [0.25, 0.3) is 0 Å². The van der Waals surface area contributed by atoms with Gasteiger partial charge >= 0.3 is 0 Å². The van der Waals surface area contributed by atoms with Gasteiger partial charge < -0.3 is 10.1 Å². The maximum Gasteiger partial charge on any atom is 0.258 e. The molecule has 2 heterocycles. The summed E-state index contributed by atoms with van der Waals surface area (Å²) >= 11 is 6.01. The van der Waals surface area contributed by atoms with Gasteiger partial charge in [-0.2, -0.15) is 0 Å². The van der Waals surface area contributed by atoms with Gasteiger partial charge in [0.1, 0.15) is 10.8 Å². The molecular formula is C19H16ClN3O2. The Hall–Kier alpha value is -2.92. The number of hydrogen-bond acceptors (Lipinski definition) is 4. The number of carbonyl (C=O) groups excluding carboxylic acids is 1. The van der Waals surface area contributed by atoms with Crippen molar-refractivity contribution in [2.45, 2.75) is 6.42 Å². The van der Waals surface area contributed by atoms with E-state index in [9.17, 15) is 4.79 Å². The van der Waals surface area contributed by atoms with Crippen LogP contribution in [0.4, 0.5) is 5.69 Å². The Bertz CT molecular complexity index is 885. The van der Waals surface area contributed by atoms with Crippen LogP contribution >= 0.6 is 11.6 Å². The molecule has 0 fully saturated rings. The predicted molar refractivity (Wildman–Crippen MR) is 97.2 cm³/mol. The molecule has 6 heteroatoms. The monoisotopic (exact) mass is 353 g/mol. The zero-order chi connectivity index (χ0) is 17.6. The van der Waals surface area contributed by atoms with E-state index >= 15 is 0 Å². The van der Waals surface area contributed by atoms with Crippen molar-refractivity contribution in [3.05, 3.63) is 82.8 Å². The predicted octanol–water partition coefficient (Wildman–Crippen LogP) is 3.98. The van der Waals surface area contributed by atoms with E-state index in [-0.39, 0.29) is 11.1 Å². The minimum Gasteiger partial charge on any atom is -0.480 e. The smallest absolute Gasteiger partial charge is 0.258 e. The summed E-state index contributed by atoms with van der Waals surface area (Å²) in [5, 5.41) is 3.00. The average molecular weight is 354 g/mol. The molecule has 0 saturated heterocycles. The second-order valence-corrected chi connectivity index (χ2v) is 5.67. The van der Waals surface area contributed by atoms with Crippen LogP contribution in [-0.4, -0.2) is 23.0 Å². The third-order valence-corrected chi connectivity index (χ3v) is 3.98. The Kier molecular flexibility index (Phi) is 5.26. The molecule has 0 aliphatic rings. The summed E-state index contributed by atoms with van der Waals surface area (Å²) < 4.78 is 5.32. The van der Waals surface area contributed by atoms with E-state index in [2.05, 4.69) is 15.3 Å². The fourth-order valence-corrected chi connectivity index (χ4v) is 2.67. The van der Waals surface area contributed by atoms with Gasteiger partial charge in [-0.1, -0.05) is 41.9 Å². The van der Waals surface area contributed by atoms with Crippen LogP contribution in [0.1, 0.15) is 21.5 Å². The number of nitrogens with zero attached hydrogens (tertiary/aromatic N) is 2. The van der Waals surface area contributed by atoms with Crippen molar-refractivity contribution >= 4 is 23.2 Å². The van der Waals surface area contributed by atoms with Crippen LogP contribution in [0.15, 0.2) is 60.9 Å². The SMILES string of the molecule is COc1nccc(Cc2ccccc2)c1NC(=O)c1cccnc1Cl. The minimum absolute atomic E-state index is 0.146. The second kappa shape index (κ2) is 7.77. The molecule has 2 aromatic heterocycles. The van der Waals surface area contributed by atoms with Crippen molar-refractivity contribution in [3.8, 4) is 5.88 Å². The molecule has 25 heavy (non-hydrogen) atoms. The number of pyridine rings is 2. The van der Waals surface area contributed by atoms with Crippen LogP contribution in [0.5, 0.6) is 5.88 Å². The summed E-state index contributed by atoms with van der Waals surface area (Å²) in [5.41, 5.74) is 2.83. The zero-order valence-electron chi connectivity index (χ0n) is 13.6. The Morgan fingerprint density at radius 3 is 2.60 bits per heavy atom. The van der Waals surface area contributed by atoms with Gasteiger partial charge in [-0.05, 0) is 35.7 Å². The number of halogens is 1. The lowest BCUT2D eigenvalue weighted by atomic mass is 10.0. The molecule has 0 atom stereocenters. The topological polar surface area (TPSA) is 64.1 Å². The molecule has 0 unspecified atom stereocenters. The molecule has 0 bridgehead atoms. The fraction of sp³-hybridized carbons (Fsp3) is 0.105. The molecule has 0 aliphatic heterocycles. The molecule has 1 aromatic carbocycles. The van der Waals surface area contributed by atoms with Gasteiger partial charge in [0.15, 0.2) is 0 Å². The number of amides is 1. The van der Waals surface area contributed by atoms with Gasteiger partial charge in [-0.15, -0.1) is 0 Å². The molecule has 1 amide bonds. The molecular weight excluding hydrogens is 338 g/mol. The number of anilines is 1. The van der Waals surface area contributed by atoms with Crippen LogP contribution in [0, 0.1) is 0 Å². The summed E-state index contributed by atoms with van der Waals surface area (Å²) in [6.07, 6.45) is 3.82. The van der Waals surface area contributed by atoms with E-state index in [0.29, 0.717) is 23.6 Å². The number of rotatable bonds is 5. The summed E-state index contributed by atoms with van der Waals surface area (Å²) in [5.74, 6) is -0.0134. The fourth-order valence-electron chi connectivity index (χ4n) is 2.47. The van der Waals surface area contributed by atoms with Gasteiger partial charge in [0.05, 0.1) is 12.7 Å². The number of hydrogen-bond donors (Lipinski definition) is 1. The highest BCUT2D eigenvalue weighted by molar-refractivity contribution is 6.33. The molecule has 1 N–H and O–H groups in total. The molecule has 0 radical (unpaired) electrons. The summed E-state index contributed by atoms with van der Waals surface area (Å²) in [4.78, 5) is 20.7. The highest BCUT2D eigenvalue weighted by atomic mass is 35.5. The van der Waals surface area contributed by atoms with Gasteiger partial charge in [0.25, 0.3) is 5.91 Å². The Morgan fingerprint density at radius 2 is 1.88 bits per heavy atom. The first-order valence-electron chi connectivity index (χ1n) is 7.66. The molecule has 3 aromatic rings. The summed E-state index contributed by atoms with van der Waals surface area (Å²) in [6, 6.07) is 15.1. The van der Waals surface area contributed by atoms with E-state index in [4.69, 9.17) is 16.3 Å². The Balaban J connectivity index is 1.94. The first kappa shape index (κ1) is 16.9. The average Bonchev–Trinajstić information content (AvgIpc) is 2.64. The highest BCUT2D eigenvalue weighted by Crippen LogP contribution is 2.29. The van der Waals surface area contributed by atoms with Crippen molar-refractivity contribution in [2.24, 2.45) is 0 Å². The van der Waals surface area contributed by atoms with Crippen molar-refractivity contribution in [3.63, 3.8) is 0 Å². The van der Waals surface area contributed by atoms with Crippen LogP contribution in [-0.2, 0) is 6.42 Å². The zero-order valence-corrected chi connectivity index (χ0v) is 14.3. The second-order valence-electron chi connectivity index (χ2n) is 5.31. The van der Waals surface area contributed by atoms with Gasteiger partial charge in [-0.25, -0.2) is 9.97 Å². The van der Waals surface area contributed by atoms with Crippen LogP contribution < -0.4 is 10.1 Å². The number of nitrogens with one attached hydrogen (secondary N) is 1. The highest BCUT2D eigenvalue weighted by Gasteiger charge is 2.17. The molecule has 5 nitrogen and oxygen atoms in total. The number of aromatic nitrogens is 2. The maximum atomic E-state index is 12.6. The van der Waals surface area contributed by atoms with Gasteiger partial charge in [-0.3, -0.25) is 4.79 Å². The van der Waals surface area contributed by atoms with Gasteiger partial charge in [0.2, 0.25) is 5.88 Å². The van der Waals surface area contributed by atoms with E-state index in [1.165, 1.54) is 13.3 Å². The van der Waals surface area contributed by atoms with Crippen molar-refractivity contribution < 1.29 is 9.53 Å². The van der Waals surface area contributed by atoms with E-state index in [0.717, 1.165) is 11.1 Å². The number of ether oxygens (including phenoxy) is 1. The number of methoxy groups -OCH3 is 1. The quantitative estimate of drug-likeness (QED) is 0.704. The molecule has 0 aliphatic carbocycles. The summed E-state index contributed by atoms with van der Waals surface area (Å²) in [6.45, 7) is 0. The summed E-state index contributed by atoms with van der Waals surface area (Å²) in [7, 11) is 1.52. The van der Waals surface area contributed by atoms with Crippen molar-refractivity contribution in [1.29, 1.82) is 0 Å². The van der Waals surface area contributed by atoms with Crippen LogP contribution in [0.2, 0.25) is 5.15 Å². The first-order chi connectivity index (χ1) is 12.2. The third kappa shape index (κ3) is 3.95. The third-order valence-electron chi connectivity index (χ3n) is 3.68. The van der Waals surface area contributed by atoms with Crippen molar-refractivity contribution in [2.75, 3.05) is 12.4 Å². The van der Waals surface area contributed by atoms with Crippen LogP contribution in [0.3, 0.4) is 0 Å². The van der Waals surface area contributed by atoms with E-state index in [1.807, 2.05) is 36.4 Å². The number of benzene rings is 1. The molecule has 3 rings (SSSR count). The lowest BCUT2D eigenvalue weighted by Gasteiger charge is -2.14. The van der Waals surface area contributed by atoms with Gasteiger partial charge in [0, 0.05) is 12.4 Å². The largest absolute Gasteiger partial charge is 0.480 e. The molecule has 0 spiro atoms. The maximum absolute atomic E-state index is 12.6. The normalized spacial score (nSPS) is 10.3. The number of carbonyl (C=O) groups is 1. The van der Waals surface area contributed by atoms with E-state index < -0.39 is 0 Å². The van der Waals surface area contributed by atoms with Crippen molar-refractivity contribution in [1.82, 2.24) is 9.97 Å². The molecule has 126 valence electrons. The first-order valence-corrected chi connectivity index (χ1v) is 8.04. The lowest BCUT2D eigenvalue weighted by molar-refractivity contribution is 0.102. The standard InChI is InChI=1S/C19H16ClN3O2/c1-25-19-16(23-18(24)15-8-5-10-21-17(15)20)14(9-11-22-19)12-13-6-3-2-4-7-13/h2-11H,12H2,1H3,(H,23,24).